The average molecular weight is 514 g/mol. The number of carbonyl (C=O) groups excluding carboxylic acids is 2. The fourth-order valence-corrected chi connectivity index (χ4v) is 3.86. The fraction of sp³-hybridized carbons (Fsp3) is 0.333. The van der Waals surface area contributed by atoms with Crippen LogP contribution < -0.4 is 5.73 Å². The Balaban J connectivity index is 1.83. The van der Waals surface area contributed by atoms with Crippen LogP contribution in [-0.4, -0.2) is 58.0 Å². The van der Waals surface area contributed by atoms with Crippen LogP contribution in [0.3, 0.4) is 0 Å². The molecule has 2 aromatic heterocycles. The highest BCUT2D eigenvalue weighted by Gasteiger charge is 2.28. The fourth-order valence-electron chi connectivity index (χ4n) is 3.86. The molecule has 0 bridgehead atoms. The number of aromatic nitrogens is 2. The van der Waals surface area contributed by atoms with Crippen LogP contribution in [-0.2, 0) is 16.0 Å². The van der Waals surface area contributed by atoms with Crippen LogP contribution in [0.25, 0.3) is 22.5 Å². The van der Waals surface area contributed by atoms with Gasteiger partial charge < -0.3 is 10.6 Å². The number of aliphatic imine (C=N–C) groups is 1. The number of halogens is 3. The Morgan fingerprint density at radius 1 is 1.16 bits per heavy atom. The lowest BCUT2D eigenvalue weighted by molar-refractivity contribution is -0.143. The molecule has 0 radical (unpaired) electrons. The van der Waals surface area contributed by atoms with Gasteiger partial charge in [-0.15, -0.1) is 0 Å². The first-order valence-corrected chi connectivity index (χ1v) is 11.6. The standard InChI is InChI=1S/C27H30F3N5O2/c1-26(2,25(37)34(3)4)33-16-21(15-31)19-9-11-35-23(17-32-24(35)14-19)20-7-5-6-18(12-20)13-22(36)8-10-27(28,29)30/h5-7,9,11-12,14-17H,8,10,13,31H2,1-4H3. The summed E-state index contributed by atoms with van der Waals surface area (Å²) in [6.07, 6.45) is 0.412. The van der Waals surface area contributed by atoms with E-state index in [1.165, 1.54) is 11.1 Å². The molecule has 3 rings (SSSR count). The van der Waals surface area contributed by atoms with Gasteiger partial charge in [0.25, 0.3) is 0 Å². The smallest absolute Gasteiger partial charge is 0.389 e. The van der Waals surface area contributed by atoms with Crippen LogP contribution in [0.5, 0.6) is 0 Å². The van der Waals surface area contributed by atoms with E-state index in [1.807, 2.05) is 28.8 Å². The predicted octanol–water partition coefficient (Wildman–Crippen LogP) is 4.69. The monoisotopic (exact) mass is 513 g/mol. The zero-order valence-corrected chi connectivity index (χ0v) is 21.2. The van der Waals surface area contributed by atoms with Crippen molar-refractivity contribution in [2.24, 2.45) is 10.7 Å². The zero-order valence-electron chi connectivity index (χ0n) is 21.2. The Hall–Kier alpha value is -3.95. The molecule has 1 amide bonds. The summed E-state index contributed by atoms with van der Waals surface area (Å²) in [5.41, 5.74) is 9.07. The van der Waals surface area contributed by atoms with Crippen molar-refractivity contribution in [1.29, 1.82) is 0 Å². The molecule has 10 heteroatoms. The number of benzene rings is 1. The number of amides is 1. The Bertz CT molecular complexity index is 1350. The maximum absolute atomic E-state index is 12.4. The third-order valence-corrected chi connectivity index (χ3v) is 5.79. The highest BCUT2D eigenvalue weighted by Crippen LogP contribution is 2.26. The molecular formula is C27H30F3N5O2. The Labute approximate surface area is 213 Å². The highest BCUT2D eigenvalue weighted by atomic mass is 19.4. The van der Waals surface area contributed by atoms with E-state index in [1.54, 1.807) is 58.6 Å². The molecule has 7 nitrogen and oxygen atoms in total. The highest BCUT2D eigenvalue weighted by molar-refractivity contribution is 6.10. The molecule has 0 unspecified atom stereocenters. The van der Waals surface area contributed by atoms with Gasteiger partial charge in [-0.05, 0) is 43.2 Å². The minimum absolute atomic E-state index is 0.0680. The van der Waals surface area contributed by atoms with Gasteiger partial charge in [-0.25, -0.2) is 4.98 Å². The maximum Gasteiger partial charge on any atom is 0.389 e. The third kappa shape index (κ3) is 7.05. The molecule has 2 N–H and O–H groups in total. The second-order valence-electron chi connectivity index (χ2n) is 9.46. The molecular weight excluding hydrogens is 483 g/mol. The van der Waals surface area contributed by atoms with E-state index in [0.29, 0.717) is 16.8 Å². The summed E-state index contributed by atoms with van der Waals surface area (Å²) in [7, 11) is 3.34. The lowest BCUT2D eigenvalue weighted by Gasteiger charge is -2.23. The quantitative estimate of drug-likeness (QED) is 0.420. The van der Waals surface area contributed by atoms with Gasteiger partial charge in [0.05, 0.1) is 18.3 Å². The SMILES string of the molecule is CN(C)C(=O)C(C)(C)N=CC(=CN)c1ccn2c(-c3cccc(CC(=O)CCC(F)(F)F)c3)cnc2c1. The maximum atomic E-state index is 12.4. The van der Waals surface area contributed by atoms with Crippen molar-refractivity contribution in [3.63, 3.8) is 0 Å². The molecule has 0 saturated carbocycles. The number of imidazole rings is 1. The van der Waals surface area contributed by atoms with Gasteiger partial charge >= 0.3 is 6.18 Å². The van der Waals surface area contributed by atoms with E-state index in [0.717, 1.165) is 16.8 Å². The number of alkyl halides is 3. The average Bonchev–Trinajstić information content (AvgIpc) is 3.26. The van der Waals surface area contributed by atoms with Gasteiger partial charge in [0.1, 0.15) is 17.0 Å². The number of pyridine rings is 1. The molecule has 196 valence electrons. The predicted molar refractivity (Wildman–Crippen MR) is 138 cm³/mol. The van der Waals surface area contributed by atoms with Gasteiger partial charge in [0.15, 0.2) is 0 Å². The van der Waals surface area contributed by atoms with Crippen LogP contribution in [0.2, 0.25) is 0 Å². The zero-order chi connectivity index (χ0) is 27.4. The van der Waals surface area contributed by atoms with Crippen LogP contribution in [0.4, 0.5) is 13.2 Å². The van der Waals surface area contributed by atoms with E-state index < -0.39 is 30.3 Å². The molecule has 3 aromatic rings. The first-order valence-electron chi connectivity index (χ1n) is 11.6. The molecule has 0 aliphatic carbocycles. The van der Waals surface area contributed by atoms with E-state index in [-0.39, 0.29) is 12.3 Å². The van der Waals surface area contributed by atoms with Crippen LogP contribution in [0.15, 0.2) is 60.0 Å². The van der Waals surface area contributed by atoms with E-state index >= 15 is 0 Å². The number of Topliss-reactive ketones (excluding diaryl/α,β-unsaturated/α-hetero) is 1. The number of carbonyl (C=O) groups is 2. The molecule has 0 fully saturated rings. The van der Waals surface area contributed by atoms with Crippen molar-refractivity contribution in [3.8, 4) is 11.3 Å². The van der Waals surface area contributed by atoms with E-state index in [2.05, 4.69) is 9.98 Å². The van der Waals surface area contributed by atoms with Crippen molar-refractivity contribution in [2.45, 2.75) is 44.8 Å². The summed E-state index contributed by atoms with van der Waals surface area (Å²) < 4.78 is 39.1. The molecule has 0 aliphatic heterocycles. The number of fused-ring (bicyclic) bond motifs is 1. The molecule has 37 heavy (non-hydrogen) atoms. The number of allylic oxidation sites excluding steroid dienone is 1. The molecule has 0 saturated heterocycles. The number of nitrogens with zero attached hydrogens (tertiary/aromatic N) is 4. The van der Waals surface area contributed by atoms with Crippen molar-refractivity contribution < 1.29 is 22.8 Å². The number of hydrogen-bond donors (Lipinski definition) is 1. The molecule has 2 heterocycles. The summed E-state index contributed by atoms with van der Waals surface area (Å²) in [6.45, 7) is 3.45. The van der Waals surface area contributed by atoms with E-state index in [9.17, 15) is 22.8 Å². The van der Waals surface area contributed by atoms with Gasteiger partial charge in [0.2, 0.25) is 5.91 Å². The number of rotatable bonds is 9. The Kier molecular flexibility index (Phi) is 8.20. The number of hydrogen-bond acceptors (Lipinski definition) is 5. The number of likely N-dealkylation sites (N-methyl/N-ethyl adjacent to an activating group) is 1. The molecule has 1 aromatic carbocycles. The van der Waals surface area contributed by atoms with Crippen molar-refractivity contribution in [2.75, 3.05) is 14.1 Å². The van der Waals surface area contributed by atoms with Crippen molar-refractivity contribution >= 4 is 29.1 Å². The van der Waals surface area contributed by atoms with Gasteiger partial charge in [-0.1, -0.05) is 18.2 Å². The topological polar surface area (TPSA) is 93.1 Å². The molecule has 0 aliphatic rings. The normalized spacial score (nSPS) is 12.9. The van der Waals surface area contributed by atoms with E-state index in [4.69, 9.17) is 5.73 Å². The van der Waals surface area contributed by atoms with Crippen LogP contribution in [0.1, 0.15) is 37.8 Å². The minimum atomic E-state index is -4.35. The Morgan fingerprint density at radius 2 is 1.89 bits per heavy atom. The second kappa shape index (κ2) is 11.0. The summed E-state index contributed by atoms with van der Waals surface area (Å²) >= 11 is 0. The van der Waals surface area contributed by atoms with Gasteiger partial charge in [-0.2, -0.15) is 13.2 Å². The third-order valence-electron chi connectivity index (χ3n) is 5.79. The van der Waals surface area contributed by atoms with Crippen LogP contribution >= 0.6 is 0 Å². The first kappa shape index (κ1) is 27.6. The summed E-state index contributed by atoms with van der Waals surface area (Å²) in [6, 6.07) is 10.8. The second-order valence-corrected chi connectivity index (χ2v) is 9.46. The van der Waals surface area contributed by atoms with Gasteiger partial charge in [0, 0.05) is 56.7 Å². The lowest BCUT2D eigenvalue weighted by atomic mass is 10.0. The first-order chi connectivity index (χ1) is 17.3. The van der Waals surface area contributed by atoms with Crippen molar-refractivity contribution in [3.05, 3.63) is 66.1 Å². The summed E-state index contributed by atoms with van der Waals surface area (Å²) in [4.78, 5) is 34.8. The number of nitrogens with two attached hydrogens (primary N) is 1. The van der Waals surface area contributed by atoms with Crippen molar-refractivity contribution in [1.82, 2.24) is 14.3 Å². The molecule has 0 atom stereocenters. The minimum Gasteiger partial charge on any atom is -0.404 e. The largest absolute Gasteiger partial charge is 0.404 e. The van der Waals surface area contributed by atoms with Crippen LogP contribution in [0, 0.1) is 0 Å². The molecule has 0 spiro atoms. The number of ketones is 1. The Morgan fingerprint density at radius 3 is 2.54 bits per heavy atom. The lowest BCUT2D eigenvalue weighted by Crippen LogP contribution is -2.40. The summed E-state index contributed by atoms with van der Waals surface area (Å²) in [5, 5.41) is 0. The van der Waals surface area contributed by atoms with Gasteiger partial charge in [-0.3, -0.25) is 19.0 Å². The summed E-state index contributed by atoms with van der Waals surface area (Å²) in [5.74, 6) is -0.603.